The van der Waals surface area contributed by atoms with Crippen LogP contribution in [0.15, 0.2) is 52.7 Å². The first-order chi connectivity index (χ1) is 12.3. The van der Waals surface area contributed by atoms with Crippen LogP contribution < -0.4 is 10.1 Å². The highest BCUT2D eigenvalue weighted by atomic mass is 35.5. The van der Waals surface area contributed by atoms with Crippen molar-refractivity contribution >= 4 is 36.2 Å². The largest absolute Gasteiger partial charge is 0.496 e. The number of rotatable bonds is 5. The number of thiazole rings is 1. The lowest BCUT2D eigenvalue weighted by Gasteiger charge is -2.36. The third-order valence-electron chi connectivity index (χ3n) is 4.54. The zero-order valence-electron chi connectivity index (χ0n) is 15.0. The van der Waals surface area contributed by atoms with E-state index < -0.39 is 0 Å². The van der Waals surface area contributed by atoms with E-state index in [2.05, 4.69) is 27.7 Å². The minimum absolute atomic E-state index is 0. The zero-order valence-corrected chi connectivity index (χ0v) is 17.4. The maximum atomic E-state index is 5.57. The predicted octanol–water partition coefficient (Wildman–Crippen LogP) is 4.40. The Hall–Kier alpha value is -1.57. The van der Waals surface area contributed by atoms with Gasteiger partial charge in [0.1, 0.15) is 17.0 Å². The molecule has 1 N–H and O–H groups in total. The summed E-state index contributed by atoms with van der Waals surface area (Å²) in [7, 11) is 1.73. The molecule has 0 bridgehead atoms. The first kappa shape index (κ1) is 21.7. The number of aromatic nitrogens is 1. The number of hydrogen-bond donors (Lipinski definition) is 1. The van der Waals surface area contributed by atoms with E-state index >= 15 is 0 Å². The molecule has 1 aromatic carbocycles. The Kier molecular flexibility index (Phi) is 8.13. The van der Waals surface area contributed by atoms with E-state index in [1.165, 1.54) is 5.56 Å². The molecule has 1 atom stereocenters. The van der Waals surface area contributed by atoms with Gasteiger partial charge < -0.3 is 14.5 Å². The number of benzene rings is 1. The van der Waals surface area contributed by atoms with Crippen molar-refractivity contribution in [3.8, 4) is 16.3 Å². The molecule has 8 heteroatoms. The molecule has 0 amide bonds. The lowest BCUT2D eigenvalue weighted by Crippen LogP contribution is -2.45. The second kappa shape index (κ2) is 10.1. The molecule has 3 heterocycles. The van der Waals surface area contributed by atoms with Crippen LogP contribution in [0.1, 0.15) is 17.3 Å². The van der Waals surface area contributed by atoms with Crippen LogP contribution in [0.5, 0.6) is 5.75 Å². The van der Waals surface area contributed by atoms with Crippen molar-refractivity contribution in [3.63, 3.8) is 0 Å². The lowest BCUT2D eigenvalue weighted by molar-refractivity contribution is 0.149. The van der Waals surface area contributed by atoms with Crippen LogP contribution in [0.25, 0.3) is 10.6 Å². The van der Waals surface area contributed by atoms with Gasteiger partial charge in [0, 0.05) is 42.7 Å². The first-order valence-corrected chi connectivity index (χ1v) is 9.28. The van der Waals surface area contributed by atoms with Gasteiger partial charge >= 0.3 is 0 Å². The van der Waals surface area contributed by atoms with Gasteiger partial charge in [0.25, 0.3) is 0 Å². The summed E-state index contributed by atoms with van der Waals surface area (Å²) < 4.78 is 10.7. The first-order valence-electron chi connectivity index (χ1n) is 8.40. The molecule has 0 spiro atoms. The molecule has 0 radical (unpaired) electrons. The molecule has 146 valence electrons. The van der Waals surface area contributed by atoms with E-state index in [4.69, 9.17) is 14.1 Å². The van der Waals surface area contributed by atoms with Crippen LogP contribution in [0.3, 0.4) is 0 Å². The molecule has 1 unspecified atom stereocenters. The van der Waals surface area contributed by atoms with Crippen LogP contribution in [-0.2, 0) is 6.54 Å². The van der Waals surface area contributed by atoms with E-state index in [9.17, 15) is 0 Å². The van der Waals surface area contributed by atoms with Crippen LogP contribution in [0.2, 0.25) is 0 Å². The number of methoxy groups -OCH3 is 1. The molecule has 1 aliphatic rings. The van der Waals surface area contributed by atoms with Crippen molar-refractivity contribution in [2.75, 3.05) is 26.7 Å². The summed E-state index contributed by atoms with van der Waals surface area (Å²) in [6, 6.07) is 10.5. The second-order valence-corrected chi connectivity index (χ2v) is 6.95. The second-order valence-electron chi connectivity index (χ2n) is 6.09. The number of ether oxygens (including phenoxy) is 1. The Bertz CT molecular complexity index is 826. The Labute approximate surface area is 175 Å². The maximum absolute atomic E-state index is 5.57. The Balaban J connectivity index is 0.00000131. The van der Waals surface area contributed by atoms with Crippen molar-refractivity contribution in [2.45, 2.75) is 12.6 Å². The SMILES string of the molecule is COc1ccccc1C1CNCCN1Cc1csc(-c2ccoc2)n1.Cl.Cl. The van der Waals surface area contributed by atoms with Crippen LogP contribution >= 0.6 is 36.2 Å². The Morgan fingerprint density at radius 2 is 2.15 bits per heavy atom. The van der Waals surface area contributed by atoms with Crippen LogP contribution in [0, 0.1) is 0 Å². The summed E-state index contributed by atoms with van der Waals surface area (Å²) in [4.78, 5) is 7.26. The summed E-state index contributed by atoms with van der Waals surface area (Å²) in [6.45, 7) is 3.73. The molecule has 3 aromatic rings. The maximum Gasteiger partial charge on any atom is 0.126 e. The summed E-state index contributed by atoms with van der Waals surface area (Å²) in [5, 5.41) is 6.65. The number of para-hydroxylation sites is 1. The normalized spacial score (nSPS) is 17.0. The van der Waals surface area contributed by atoms with Gasteiger partial charge in [0.2, 0.25) is 0 Å². The van der Waals surface area contributed by atoms with E-state index in [-0.39, 0.29) is 30.9 Å². The van der Waals surface area contributed by atoms with E-state index in [1.807, 2.05) is 18.2 Å². The van der Waals surface area contributed by atoms with Gasteiger partial charge in [-0.3, -0.25) is 4.90 Å². The zero-order chi connectivity index (χ0) is 17.1. The number of halogens is 2. The summed E-state index contributed by atoms with van der Waals surface area (Å²) in [5.41, 5.74) is 3.36. The van der Waals surface area contributed by atoms with Gasteiger partial charge in [-0.2, -0.15) is 0 Å². The highest BCUT2D eigenvalue weighted by Crippen LogP contribution is 2.32. The minimum atomic E-state index is 0. The predicted molar refractivity (Wildman–Crippen MR) is 113 cm³/mol. The van der Waals surface area contributed by atoms with Gasteiger partial charge in [-0.1, -0.05) is 18.2 Å². The van der Waals surface area contributed by atoms with E-state index in [1.54, 1.807) is 31.0 Å². The van der Waals surface area contributed by atoms with Crippen molar-refractivity contribution in [3.05, 3.63) is 59.5 Å². The van der Waals surface area contributed by atoms with Gasteiger partial charge in [0.15, 0.2) is 0 Å². The summed E-state index contributed by atoms with van der Waals surface area (Å²) in [6.07, 6.45) is 3.43. The van der Waals surface area contributed by atoms with Gasteiger partial charge in [-0.25, -0.2) is 4.98 Å². The number of nitrogens with zero attached hydrogens (tertiary/aromatic N) is 2. The standard InChI is InChI=1S/C19H21N3O2S.2ClH/c1-23-18-5-3-2-4-16(18)17-10-20-7-8-22(17)11-15-13-25-19(21-15)14-6-9-24-12-14;;/h2-6,9,12-13,17,20H,7-8,10-11H2,1H3;2*1H. The van der Waals surface area contributed by atoms with Crippen molar-refractivity contribution < 1.29 is 9.15 Å². The Morgan fingerprint density at radius 1 is 1.30 bits per heavy atom. The highest BCUT2D eigenvalue weighted by Gasteiger charge is 2.26. The molecule has 27 heavy (non-hydrogen) atoms. The third kappa shape index (κ3) is 4.83. The lowest BCUT2D eigenvalue weighted by atomic mass is 10.0. The fourth-order valence-electron chi connectivity index (χ4n) is 3.29. The molecule has 2 aromatic heterocycles. The molecule has 0 saturated carbocycles. The molecular weight excluding hydrogens is 405 g/mol. The van der Waals surface area contributed by atoms with Gasteiger partial charge in [0.05, 0.1) is 25.1 Å². The Morgan fingerprint density at radius 3 is 2.93 bits per heavy atom. The molecule has 5 nitrogen and oxygen atoms in total. The molecule has 1 saturated heterocycles. The molecule has 1 aliphatic heterocycles. The van der Waals surface area contributed by atoms with E-state index in [0.717, 1.165) is 48.2 Å². The smallest absolute Gasteiger partial charge is 0.126 e. The average Bonchev–Trinajstić information content (AvgIpc) is 3.34. The monoisotopic (exact) mass is 427 g/mol. The van der Waals surface area contributed by atoms with E-state index in [0.29, 0.717) is 0 Å². The van der Waals surface area contributed by atoms with Gasteiger partial charge in [-0.05, 0) is 12.1 Å². The quantitative estimate of drug-likeness (QED) is 0.653. The van der Waals surface area contributed by atoms with Crippen LogP contribution in [0.4, 0.5) is 0 Å². The number of furan rings is 1. The van der Waals surface area contributed by atoms with Crippen molar-refractivity contribution in [1.29, 1.82) is 0 Å². The molecule has 4 rings (SSSR count). The highest BCUT2D eigenvalue weighted by molar-refractivity contribution is 7.13. The molecule has 0 aliphatic carbocycles. The summed E-state index contributed by atoms with van der Waals surface area (Å²) in [5.74, 6) is 0.943. The summed E-state index contributed by atoms with van der Waals surface area (Å²) >= 11 is 1.66. The molecular formula is C19H23Cl2N3O2S. The molecule has 1 fully saturated rings. The number of piperazine rings is 1. The number of hydrogen-bond acceptors (Lipinski definition) is 6. The fraction of sp³-hybridized carbons (Fsp3) is 0.316. The topological polar surface area (TPSA) is 50.5 Å². The van der Waals surface area contributed by atoms with Gasteiger partial charge in [-0.15, -0.1) is 36.2 Å². The number of nitrogens with one attached hydrogen (secondary N) is 1. The average molecular weight is 428 g/mol. The minimum Gasteiger partial charge on any atom is -0.496 e. The third-order valence-corrected chi connectivity index (χ3v) is 5.48. The van der Waals surface area contributed by atoms with Crippen molar-refractivity contribution in [2.24, 2.45) is 0 Å². The van der Waals surface area contributed by atoms with Crippen molar-refractivity contribution in [1.82, 2.24) is 15.2 Å². The fourth-order valence-corrected chi connectivity index (χ4v) is 4.09. The van der Waals surface area contributed by atoms with Crippen LogP contribution in [-0.4, -0.2) is 36.6 Å².